The van der Waals surface area contributed by atoms with Gasteiger partial charge in [-0.3, -0.25) is 4.90 Å². The Balaban J connectivity index is 1.78. The van der Waals surface area contributed by atoms with Crippen LogP contribution in [0.5, 0.6) is 0 Å². The maximum Gasteiger partial charge on any atom is 0.0354 e. The lowest BCUT2D eigenvalue weighted by molar-refractivity contribution is 0.240. The van der Waals surface area contributed by atoms with Crippen LogP contribution in [0.1, 0.15) is 30.0 Å². The molecule has 1 aromatic rings. The van der Waals surface area contributed by atoms with E-state index in [-0.39, 0.29) is 0 Å². The smallest absolute Gasteiger partial charge is 0.0354 e. The second-order valence-electron chi connectivity index (χ2n) is 5.02. The Labute approximate surface area is 97.6 Å². The van der Waals surface area contributed by atoms with Gasteiger partial charge in [-0.1, -0.05) is 24.3 Å². The first-order valence-electron chi connectivity index (χ1n) is 6.37. The zero-order valence-electron chi connectivity index (χ0n) is 9.95. The number of benzene rings is 1. The average molecular weight is 216 g/mol. The number of nitrogens with zero attached hydrogens (tertiary/aromatic N) is 1. The van der Waals surface area contributed by atoms with Gasteiger partial charge >= 0.3 is 0 Å². The Kier molecular flexibility index (Phi) is 2.70. The van der Waals surface area contributed by atoms with Gasteiger partial charge in [0.25, 0.3) is 0 Å². The molecule has 3 rings (SSSR count). The van der Waals surface area contributed by atoms with Crippen LogP contribution in [0.15, 0.2) is 24.3 Å². The zero-order chi connectivity index (χ0) is 11.0. The molecule has 0 saturated carbocycles. The lowest BCUT2D eigenvalue weighted by Gasteiger charge is -2.24. The first kappa shape index (κ1) is 10.3. The van der Waals surface area contributed by atoms with Crippen molar-refractivity contribution in [2.75, 3.05) is 20.1 Å². The van der Waals surface area contributed by atoms with Crippen LogP contribution < -0.4 is 5.32 Å². The van der Waals surface area contributed by atoms with E-state index in [1.165, 1.54) is 32.4 Å². The summed E-state index contributed by atoms with van der Waals surface area (Å²) >= 11 is 0. The molecule has 2 heteroatoms. The maximum absolute atomic E-state index is 3.40. The molecule has 86 valence electrons. The number of likely N-dealkylation sites (N-methyl/N-ethyl adjacent to an activating group) is 1. The minimum Gasteiger partial charge on any atom is -0.316 e. The number of fused-ring (bicyclic) bond motifs is 1. The molecule has 1 aliphatic carbocycles. The Morgan fingerprint density at radius 1 is 1.25 bits per heavy atom. The van der Waals surface area contributed by atoms with E-state index in [0.717, 1.165) is 0 Å². The fraction of sp³-hybridized carbons (Fsp3) is 0.571. The van der Waals surface area contributed by atoms with E-state index in [1.54, 1.807) is 11.1 Å². The van der Waals surface area contributed by atoms with Crippen LogP contribution in [0, 0.1) is 0 Å². The number of rotatable bonds is 2. The highest BCUT2D eigenvalue weighted by Crippen LogP contribution is 2.37. The standard InChI is InChI=1S/C14H20N2/c1-15-12-8-9-16(10-12)14-7-6-11-4-2-3-5-13(11)14/h2-5,12,14-15H,6-10H2,1H3/t12-,14+/m0/s1. The molecular formula is C14H20N2. The van der Waals surface area contributed by atoms with Crippen LogP contribution in [0.25, 0.3) is 0 Å². The van der Waals surface area contributed by atoms with Crippen molar-refractivity contribution >= 4 is 0 Å². The fourth-order valence-corrected chi connectivity index (χ4v) is 3.22. The molecule has 0 unspecified atom stereocenters. The quantitative estimate of drug-likeness (QED) is 0.813. The highest BCUT2D eigenvalue weighted by molar-refractivity contribution is 5.34. The summed E-state index contributed by atoms with van der Waals surface area (Å²) in [6.45, 7) is 2.47. The molecule has 0 radical (unpaired) electrons. The predicted octanol–water partition coefficient (Wildman–Crippen LogP) is 1.97. The minimum absolute atomic E-state index is 0.689. The highest BCUT2D eigenvalue weighted by atomic mass is 15.2. The fourth-order valence-electron chi connectivity index (χ4n) is 3.22. The maximum atomic E-state index is 3.40. The van der Waals surface area contributed by atoms with Crippen LogP contribution in [0.4, 0.5) is 0 Å². The lowest BCUT2D eigenvalue weighted by Crippen LogP contribution is -2.31. The molecule has 0 amide bonds. The van der Waals surface area contributed by atoms with Crippen LogP contribution in [0.2, 0.25) is 0 Å². The van der Waals surface area contributed by atoms with Crippen molar-refractivity contribution in [3.8, 4) is 0 Å². The SMILES string of the molecule is CN[C@H]1CCN([C@@H]2CCc3ccccc32)C1. The summed E-state index contributed by atoms with van der Waals surface area (Å²) in [6, 6.07) is 10.4. The minimum atomic E-state index is 0.689. The Hall–Kier alpha value is -0.860. The van der Waals surface area contributed by atoms with Crippen molar-refractivity contribution in [3.63, 3.8) is 0 Å². The van der Waals surface area contributed by atoms with E-state index in [0.29, 0.717) is 12.1 Å². The van der Waals surface area contributed by atoms with Crippen molar-refractivity contribution in [1.82, 2.24) is 10.2 Å². The van der Waals surface area contributed by atoms with Crippen molar-refractivity contribution in [1.29, 1.82) is 0 Å². The van der Waals surface area contributed by atoms with Gasteiger partial charge in [0.05, 0.1) is 0 Å². The summed E-state index contributed by atoms with van der Waals surface area (Å²) in [5.41, 5.74) is 3.15. The van der Waals surface area contributed by atoms with E-state index >= 15 is 0 Å². The number of hydrogen-bond donors (Lipinski definition) is 1. The van der Waals surface area contributed by atoms with Gasteiger partial charge in [-0.25, -0.2) is 0 Å². The monoisotopic (exact) mass is 216 g/mol. The second-order valence-corrected chi connectivity index (χ2v) is 5.02. The van der Waals surface area contributed by atoms with E-state index in [9.17, 15) is 0 Å². The van der Waals surface area contributed by atoms with Gasteiger partial charge in [-0.2, -0.15) is 0 Å². The van der Waals surface area contributed by atoms with Crippen LogP contribution in [-0.2, 0) is 6.42 Å². The summed E-state index contributed by atoms with van der Waals surface area (Å²) in [4.78, 5) is 2.66. The first-order valence-corrected chi connectivity index (χ1v) is 6.37. The third-order valence-corrected chi connectivity index (χ3v) is 4.17. The molecule has 1 N–H and O–H groups in total. The van der Waals surface area contributed by atoms with Crippen molar-refractivity contribution in [2.24, 2.45) is 0 Å². The molecule has 1 aliphatic heterocycles. The van der Waals surface area contributed by atoms with Gasteiger partial charge in [0.1, 0.15) is 0 Å². The Morgan fingerprint density at radius 2 is 2.12 bits per heavy atom. The summed E-state index contributed by atoms with van der Waals surface area (Å²) in [5.74, 6) is 0. The number of likely N-dealkylation sites (tertiary alicyclic amines) is 1. The molecule has 2 aliphatic rings. The molecule has 1 fully saturated rings. The number of hydrogen-bond acceptors (Lipinski definition) is 2. The summed E-state index contributed by atoms with van der Waals surface area (Å²) < 4.78 is 0. The largest absolute Gasteiger partial charge is 0.316 e. The topological polar surface area (TPSA) is 15.3 Å². The average Bonchev–Trinajstić information content (AvgIpc) is 2.94. The summed E-state index contributed by atoms with van der Waals surface area (Å²) in [5, 5.41) is 3.40. The molecule has 2 atom stereocenters. The van der Waals surface area contributed by atoms with Gasteiger partial charge in [0.2, 0.25) is 0 Å². The van der Waals surface area contributed by atoms with Crippen LogP contribution in [0.3, 0.4) is 0 Å². The normalized spacial score (nSPS) is 29.6. The van der Waals surface area contributed by atoms with Crippen LogP contribution in [-0.4, -0.2) is 31.1 Å². The molecule has 0 aromatic heterocycles. The Bertz CT molecular complexity index is 375. The first-order chi connectivity index (χ1) is 7.88. The lowest BCUT2D eigenvalue weighted by atomic mass is 10.1. The van der Waals surface area contributed by atoms with Crippen LogP contribution >= 0.6 is 0 Å². The van der Waals surface area contributed by atoms with Gasteiger partial charge in [-0.05, 0) is 37.4 Å². The van der Waals surface area contributed by atoms with Crippen molar-refractivity contribution in [2.45, 2.75) is 31.3 Å². The molecule has 16 heavy (non-hydrogen) atoms. The van der Waals surface area contributed by atoms with E-state index in [2.05, 4.69) is 41.5 Å². The molecule has 1 heterocycles. The third kappa shape index (κ3) is 1.66. The number of aryl methyl sites for hydroxylation is 1. The van der Waals surface area contributed by atoms with Crippen molar-refractivity contribution in [3.05, 3.63) is 35.4 Å². The molecule has 1 aromatic carbocycles. The van der Waals surface area contributed by atoms with E-state index in [4.69, 9.17) is 0 Å². The van der Waals surface area contributed by atoms with Gasteiger partial charge in [-0.15, -0.1) is 0 Å². The third-order valence-electron chi connectivity index (χ3n) is 4.17. The highest BCUT2D eigenvalue weighted by Gasteiger charge is 2.32. The molecule has 0 bridgehead atoms. The molecular weight excluding hydrogens is 196 g/mol. The Morgan fingerprint density at radius 3 is 2.94 bits per heavy atom. The molecule has 1 saturated heterocycles. The predicted molar refractivity (Wildman–Crippen MR) is 66.5 cm³/mol. The van der Waals surface area contributed by atoms with Crippen molar-refractivity contribution < 1.29 is 0 Å². The van der Waals surface area contributed by atoms with Gasteiger partial charge in [0.15, 0.2) is 0 Å². The number of nitrogens with one attached hydrogen (secondary N) is 1. The van der Waals surface area contributed by atoms with Gasteiger partial charge < -0.3 is 5.32 Å². The molecule has 0 spiro atoms. The second kappa shape index (κ2) is 4.19. The summed E-state index contributed by atoms with van der Waals surface area (Å²) in [7, 11) is 2.08. The zero-order valence-corrected chi connectivity index (χ0v) is 9.95. The molecule has 2 nitrogen and oxygen atoms in total. The van der Waals surface area contributed by atoms with Gasteiger partial charge in [0, 0.05) is 25.2 Å². The van der Waals surface area contributed by atoms with E-state index < -0.39 is 0 Å². The summed E-state index contributed by atoms with van der Waals surface area (Å²) in [6.07, 6.45) is 3.88. The van der Waals surface area contributed by atoms with E-state index in [1.807, 2.05) is 0 Å².